The number of amides is 1. The van der Waals surface area contributed by atoms with E-state index in [9.17, 15) is 4.79 Å². The lowest BCUT2D eigenvalue weighted by atomic mass is 10.00. The Labute approximate surface area is 118 Å². The molecule has 1 heterocycles. The van der Waals surface area contributed by atoms with Crippen LogP contribution in [0, 0.1) is 0 Å². The van der Waals surface area contributed by atoms with Crippen LogP contribution in [0.15, 0.2) is 0 Å². The van der Waals surface area contributed by atoms with E-state index in [1.54, 1.807) is 0 Å². The molecule has 1 aliphatic heterocycles. The molecule has 3 atom stereocenters. The second-order valence-electron chi connectivity index (χ2n) is 5.91. The van der Waals surface area contributed by atoms with Gasteiger partial charge in [0.25, 0.3) is 0 Å². The molecule has 2 N–H and O–H groups in total. The zero-order valence-electron chi connectivity index (χ0n) is 13.2. The van der Waals surface area contributed by atoms with Crippen molar-refractivity contribution in [1.29, 1.82) is 0 Å². The normalized spacial score (nSPS) is 26.4. The highest BCUT2D eigenvalue weighted by molar-refractivity contribution is 5.81. The van der Waals surface area contributed by atoms with E-state index in [1.807, 2.05) is 6.92 Å². The van der Waals surface area contributed by atoms with E-state index in [2.05, 4.69) is 43.4 Å². The third-order valence-electron chi connectivity index (χ3n) is 4.26. The molecule has 0 bridgehead atoms. The van der Waals surface area contributed by atoms with Crippen molar-refractivity contribution in [3.8, 4) is 0 Å². The minimum Gasteiger partial charge on any atom is -0.352 e. The van der Waals surface area contributed by atoms with E-state index in [0.717, 1.165) is 12.8 Å². The first-order valence-corrected chi connectivity index (χ1v) is 7.84. The maximum atomic E-state index is 12.2. The molecule has 0 aliphatic carbocycles. The number of carbonyl (C=O) groups excluding carboxylic acids is 1. The van der Waals surface area contributed by atoms with Crippen LogP contribution < -0.4 is 10.7 Å². The van der Waals surface area contributed by atoms with Gasteiger partial charge in [0.1, 0.15) is 0 Å². The smallest absolute Gasteiger partial charge is 0.238 e. The molecule has 0 aromatic rings. The van der Waals surface area contributed by atoms with Gasteiger partial charge in [-0.15, -0.1) is 0 Å². The lowest BCUT2D eigenvalue weighted by Crippen LogP contribution is -2.58. The molecule has 1 saturated heterocycles. The number of hydrogen-bond acceptors (Lipinski definition) is 3. The molecular formula is C15H31N3O. The molecule has 0 spiro atoms. The van der Waals surface area contributed by atoms with Crippen LogP contribution in [0.5, 0.6) is 0 Å². The van der Waals surface area contributed by atoms with Gasteiger partial charge in [0, 0.05) is 18.1 Å². The van der Waals surface area contributed by atoms with E-state index in [0.29, 0.717) is 18.1 Å². The van der Waals surface area contributed by atoms with Crippen molar-refractivity contribution < 1.29 is 4.79 Å². The van der Waals surface area contributed by atoms with Crippen LogP contribution in [0.4, 0.5) is 0 Å². The number of hydrogen-bond donors (Lipinski definition) is 2. The standard InChI is InChI=1S/C15H31N3O/c1-6-14(7-2)16-15(19)13(5)17-18-11(3)9-8-10-12(18)4/h11-14,17H,6-10H2,1-5H3,(H,16,19). The first kappa shape index (κ1) is 16.4. The van der Waals surface area contributed by atoms with E-state index >= 15 is 0 Å². The molecule has 1 rings (SSSR count). The second-order valence-corrected chi connectivity index (χ2v) is 5.91. The van der Waals surface area contributed by atoms with Crippen molar-refractivity contribution in [2.75, 3.05) is 0 Å². The first-order chi connectivity index (χ1) is 8.99. The molecule has 4 nitrogen and oxygen atoms in total. The number of hydrazine groups is 1. The van der Waals surface area contributed by atoms with Gasteiger partial charge in [-0.05, 0) is 46.5 Å². The number of carbonyl (C=O) groups is 1. The molecule has 0 aromatic carbocycles. The molecule has 112 valence electrons. The van der Waals surface area contributed by atoms with Crippen molar-refractivity contribution in [2.24, 2.45) is 0 Å². The summed E-state index contributed by atoms with van der Waals surface area (Å²) in [6.45, 7) is 10.6. The number of nitrogens with zero attached hydrogens (tertiary/aromatic N) is 1. The summed E-state index contributed by atoms with van der Waals surface area (Å²) in [5, 5.41) is 5.37. The Morgan fingerprint density at radius 1 is 1.21 bits per heavy atom. The molecule has 0 aromatic heterocycles. The lowest BCUT2D eigenvalue weighted by Gasteiger charge is -2.40. The lowest BCUT2D eigenvalue weighted by molar-refractivity contribution is -0.126. The Morgan fingerprint density at radius 3 is 2.21 bits per heavy atom. The highest BCUT2D eigenvalue weighted by Gasteiger charge is 2.27. The number of piperidine rings is 1. The minimum absolute atomic E-state index is 0.110. The van der Waals surface area contributed by atoms with Crippen molar-refractivity contribution in [1.82, 2.24) is 15.8 Å². The number of rotatable bonds is 6. The van der Waals surface area contributed by atoms with Crippen LogP contribution in [-0.2, 0) is 4.79 Å². The van der Waals surface area contributed by atoms with Crippen LogP contribution in [0.2, 0.25) is 0 Å². The van der Waals surface area contributed by atoms with Crippen LogP contribution in [0.3, 0.4) is 0 Å². The maximum absolute atomic E-state index is 12.2. The topological polar surface area (TPSA) is 44.4 Å². The summed E-state index contributed by atoms with van der Waals surface area (Å²) in [5.41, 5.74) is 3.39. The Hall–Kier alpha value is -0.610. The average Bonchev–Trinajstić information content (AvgIpc) is 2.39. The molecule has 1 amide bonds. The summed E-state index contributed by atoms with van der Waals surface area (Å²) >= 11 is 0. The van der Waals surface area contributed by atoms with Gasteiger partial charge in [-0.25, -0.2) is 10.4 Å². The fourth-order valence-electron chi connectivity index (χ4n) is 2.78. The monoisotopic (exact) mass is 269 g/mol. The highest BCUT2D eigenvalue weighted by atomic mass is 16.2. The summed E-state index contributed by atoms with van der Waals surface area (Å²) < 4.78 is 0. The molecule has 4 heteroatoms. The van der Waals surface area contributed by atoms with Gasteiger partial charge < -0.3 is 5.32 Å². The summed E-state index contributed by atoms with van der Waals surface area (Å²) in [4.78, 5) is 12.2. The molecule has 0 saturated carbocycles. The predicted molar refractivity (Wildman–Crippen MR) is 79.7 cm³/mol. The summed E-state index contributed by atoms with van der Waals surface area (Å²) in [7, 11) is 0. The van der Waals surface area contributed by atoms with Gasteiger partial charge in [-0.1, -0.05) is 20.3 Å². The Kier molecular flexibility index (Phi) is 6.80. The van der Waals surface area contributed by atoms with E-state index < -0.39 is 0 Å². The molecular weight excluding hydrogens is 238 g/mol. The van der Waals surface area contributed by atoms with E-state index in [-0.39, 0.29) is 11.9 Å². The largest absolute Gasteiger partial charge is 0.352 e. The van der Waals surface area contributed by atoms with Crippen molar-refractivity contribution in [3.63, 3.8) is 0 Å². The molecule has 3 unspecified atom stereocenters. The minimum atomic E-state index is -0.163. The van der Waals surface area contributed by atoms with Crippen molar-refractivity contribution in [3.05, 3.63) is 0 Å². The van der Waals surface area contributed by atoms with Gasteiger partial charge in [0.15, 0.2) is 0 Å². The fraction of sp³-hybridized carbons (Fsp3) is 0.933. The van der Waals surface area contributed by atoms with Gasteiger partial charge in [-0.2, -0.15) is 0 Å². The zero-order valence-corrected chi connectivity index (χ0v) is 13.2. The highest BCUT2D eigenvalue weighted by Crippen LogP contribution is 2.20. The molecule has 1 aliphatic rings. The van der Waals surface area contributed by atoms with E-state index in [1.165, 1.54) is 19.3 Å². The molecule has 0 radical (unpaired) electrons. The fourth-order valence-corrected chi connectivity index (χ4v) is 2.78. The summed E-state index contributed by atoms with van der Waals surface area (Å²) in [6, 6.07) is 1.15. The van der Waals surface area contributed by atoms with E-state index in [4.69, 9.17) is 0 Å². The van der Waals surface area contributed by atoms with Gasteiger partial charge in [0.2, 0.25) is 5.91 Å². The van der Waals surface area contributed by atoms with Crippen molar-refractivity contribution in [2.45, 2.75) is 90.9 Å². The van der Waals surface area contributed by atoms with Gasteiger partial charge in [0.05, 0.1) is 6.04 Å². The van der Waals surface area contributed by atoms with Crippen LogP contribution in [0.1, 0.15) is 66.7 Å². The first-order valence-electron chi connectivity index (χ1n) is 7.84. The quantitative estimate of drug-likeness (QED) is 0.778. The third-order valence-corrected chi connectivity index (χ3v) is 4.26. The third kappa shape index (κ3) is 4.77. The van der Waals surface area contributed by atoms with Crippen LogP contribution in [0.25, 0.3) is 0 Å². The van der Waals surface area contributed by atoms with Gasteiger partial charge in [-0.3, -0.25) is 4.79 Å². The Balaban J connectivity index is 2.48. The Morgan fingerprint density at radius 2 is 1.74 bits per heavy atom. The Bertz CT molecular complexity index is 269. The second kappa shape index (κ2) is 7.85. The predicted octanol–water partition coefficient (Wildman–Crippen LogP) is 2.45. The van der Waals surface area contributed by atoms with Gasteiger partial charge >= 0.3 is 0 Å². The maximum Gasteiger partial charge on any atom is 0.238 e. The molecule has 1 fully saturated rings. The van der Waals surface area contributed by atoms with Crippen LogP contribution >= 0.6 is 0 Å². The van der Waals surface area contributed by atoms with Crippen molar-refractivity contribution >= 4 is 5.91 Å². The summed E-state index contributed by atoms with van der Waals surface area (Å²) in [6.07, 6.45) is 5.68. The average molecular weight is 269 g/mol. The van der Waals surface area contributed by atoms with Crippen LogP contribution in [-0.4, -0.2) is 35.1 Å². The zero-order chi connectivity index (χ0) is 14.4. The SMILES string of the molecule is CCC(CC)NC(=O)C(C)NN1C(C)CCCC1C. The number of nitrogens with one attached hydrogen (secondary N) is 2. The molecule has 19 heavy (non-hydrogen) atoms. The summed E-state index contributed by atoms with van der Waals surface area (Å²) in [5.74, 6) is 0.110.